The second-order valence-corrected chi connectivity index (χ2v) is 6.72. The number of pyridine rings is 2. The summed E-state index contributed by atoms with van der Waals surface area (Å²) >= 11 is 0. The Hall–Kier alpha value is -2.01. The van der Waals surface area contributed by atoms with Crippen molar-refractivity contribution in [2.75, 3.05) is 20.6 Å². The first-order valence-electron chi connectivity index (χ1n) is 7.44. The molecule has 0 aliphatic rings. The summed E-state index contributed by atoms with van der Waals surface area (Å²) < 4.78 is 0. The summed E-state index contributed by atoms with van der Waals surface area (Å²) in [6, 6.07) is 4.08. The standard InChI is InChI=1S/C17H24N4O/c1-17(2,3)16-15-13(6-7-19-16)8-12(10-20-15)9-18-11-14(22)21(4)5/h6-8,10,18H,9,11H2,1-5H3. The first kappa shape index (κ1) is 16.4. The average Bonchev–Trinajstić information content (AvgIpc) is 2.45. The lowest BCUT2D eigenvalue weighted by molar-refractivity contribution is -0.127. The molecule has 0 spiro atoms. The van der Waals surface area contributed by atoms with Crippen molar-refractivity contribution >= 4 is 16.8 Å². The number of likely N-dealkylation sites (N-methyl/N-ethyl adjacent to an activating group) is 1. The van der Waals surface area contributed by atoms with E-state index in [0.29, 0.717) is 13.1 Å². The quantitative estimate of drug-likeness (QED) is 0.939. The minimum absolute atomic E-state index is 0.0373. The van der Waals surface area contributed by atoms with Gasteiger partial charge in [-0.05, 0) is 17.7 Å². The van der Waals surface area contributed by atoms with Gasteiger partial charge in [-0.1, -0.05) is 20.8 Å². The first-order chi connectivity index (χ1) is 10.3. The molecule has 0 saturated carbocycles. The lowest BCUT2D eigenvalue weighted by Gasteiger charge is -2.19. The monoisotopic (exact) mass is 300 g/mol. The number of amides is 1. The van der Waals surface area contributed by atoms with Crippen LogP contribution in [0.2, 0.25) is 0 Å². The zero-order chi connectivity index (χ0) is 16.3. The lowest BCUT2D eigenvalue weighted by Crippen LogP contribution is -2.32. The number of hydrogen-bond acceptors (Lipinski definition) is 4. The molecule has 0 aliphatic heterocycles. The number of nitrogens with one attached hydrogen (secondary N) is 1. The van der Waals surface area contributed by atoms with E-state index in [1.54, 1.807) is 19.0 Å². The van der Waals surface area contributed by atoms with E-state index in [1.807, 2.05) is 18.5 Å². The maximum atomic E-state index is 11.5. The third kappa shape index (κ3) is 3.80. The van der Waals surface area contributed by atoms with Gasteiger partial charge in [0.1, 0.15) is 0 Å². The molecule has 2 rings (SSSR count). The maximum Gasteiger partial charge on any atom is 0.236 e. The molecule has 0 aromatic carbocycles. The van der Waals surface area contributed by atoms with E-state index in [2.05, 4.69) is 42.1 Å². The highest BCUT2D eigenvalue weighted by Gasteiger charge is 2.19. The highest BCUT2D eigenvalue weighted by atomic mass is 16.2. The van der Waals surface area contributed by atoms with Crippen LogP contribution in [0.15, 0.2) is 24.5 Å². The molecule has 0 radical (unpaired) electrons. The Balaban J connectivity index is 2.16. The fourth-order valence-corrected chi connectivity index (χ4v) is 2.22. The Morgan fingerprint density at radius 2 is 2.00 bits per heavy atom. The number of aromatic nitrogens is 2. The van der Waals surface area contributed by atoms with Crippen LogP contribution in [0.1, 0.15) is 32.0 Å². The molecule has 0 saturated heterocycles. The van der Waals surface area contributed by atoms with Crippen molar-refractivity contribution < 1.29 is 4.79 Å². The summed E-state index contributed by atoms with van der Waals surface area (Å²) in [5.41, 5.74) is 2.98. The fourth-order valence-electron chi connectivity index (χ4n) is 2.22. The minimum atomic E-state index is -0.0373. The molecule has 1 N–H and O–H groups in total. The number of rotatable bonds is 4. The van der Waals surface area contributed by atoms with Crippen molar-refractivity contribution in [1.29, 1.82) is 0 Å². The Morgan fingerprint density at radius 3 is 2.64 bits per heavy atom. The van der Waals surface area contributed by atoms with E-state index in [0.717, 1.165) is 22.2 Å². The zero-order valence-corrected chi connectivity index (χ0v) is 14.0. The van der Waals surface area contributed by atoms with Gasteiger partial charge >= 0.3 is 0 Å². The first-order valence-corrected chi connectivity index (χ1v) is 7.44. The number of fused-ring (bicyclic) bond motifs is 1. The Morgan fingerprint density at radius 1 is 1.27 bits per heavy atom. The number of hydrogen-bond donors (Lipinski definition) is 1. The van der Waals surface area contributed by atoms with Crippen molar-refractivity contribution in [3.63, 3.8) is 0 Å². The summed E-state index contributed by atoms with van der Waals surface area (Å²) in [7, 11) is 3.51. The molecule has 2 heterocycles. The van der Waals surface area contributed by atoms with Crippen molar-refractivity contribution in [3.8, 4) is 0 Å². The summed E-state index contributed by atoms with van der Waals surface area (Å²) in [6.45, 7) is 7.36. The van der Waals surface area contributed by atoms with Crippen LogP contribution < -0.4 is 5.32 Å². The van der Waals surface area contributed by atoms with Gasteiger partial charge in [0.05, 0.1) is 17.8 Å². The van der Waals surface area contributed by atoms with Gasteiger partial charge in [0, 0.05) is 43.8 Å². The van der Waals surface area contributed by atoms with E-state index in [4.69, 9.17) is 0 Å². The number of carbonyl (C=O) groups is 1. The molecular weight excluding hydrogens is 276 g/mol. The normalized spacial score (nSPS) is 11.7. The van der Waals surface area contributed by atoms with Gasteiger partial charge in [-0.15, -0.1) is 0 Å². The molecule has 2 aromatic rings. The van der Waals surface area contributed by atoms with E-state index in [1.165, 1.54) is 0 Å². The van der Waals surface area contributed by atoms with E-state index < -0.39 is 0 Å². The van der Waals surface area contributed by atoms with Gasteiger partial charge in [-0.3, -0.25) is 14.8 Å². The van der Waals surface area contributed by atoms with Crippen LogP contribution >= 0.6 is 0 Å². The molecule has 0 atom stereocenters. The lowest BCUT2D eigenvalue weighted by atomic mass is 9.90. The molecule has 118 valence electrons. The Bertz CT molecular complexity index is 674. The minimum Gasteiger partial charge on any atom is -0.348 e. The van der Waals surface area contributed by atoms with Crippen LogP contribution in [0.5, 0.6) is 0 Å². The molecule has 0 aliphatic carbocycles. The average molecular weight is 300 g/mol. The van der Waals surface area contributed by atoms with E-state index in [-0.39, 0.29) is 11.3 Å². The van der Waals surface area contributed by atoms with Crippen LogP contribution in [0.25, 0.3) is 10.9 Å². The molecule has 1 amide bonds. The predicted molar refractivity (Wildman–Crippen MR) is 88.6 cm³/mol. The molecule has 5 nitrogen and oxygen atoms in total. The number of carbonyl (C=O) groups excluding carboxylic acids is 1. The van der Waals surface area contributed by atoms with Gasteiger partial charge < -0.3 is 10.2 Å². The van der Waals surface area contributed by atoms with Crippen LogP contribution in [-0.4, -0.2) is 41.4 Å². The smallest absolute Gasteiger partial charge is 0.236 e. The van der Waals surface area contributed by atoms with Gasteiger partial charge in [0.15, 0.2) is 0 Å². The second kappa shape index (κ2) is 6.40. The van der Waals surface area contributed by atoms with Crippen molar-refractivity contribution in [2.45, 2.75) is 32.7 Å². The fraction of sp³-hybridized carbons (Fsp3) is 0.471. The molecule has 2 aromatic heterocycles. The molecule has 5 heteroatoms. The molecular formula is C17H24N4O. The SMILES string of the molecule is CN(C)C(=O)CNCc1cnc2c(C(C)(C)C)nccc2c1. The Labute approximate surface area is 131 Å². The van der Waals surface area contributed by atoms with Crippen LogP contribution in [0.3, 0.4) is 0 Å². The maximum absolute atomic E-state index is 11.5. The van der Waals surface area contributed by atoms with Crippen molar-refractivity contribution in [1.82, 2.24) is 20.2 Å². The summed E-state index contributed by atoms with van der Waals surface area (Å²) in [5, 5.41) is 4.23. The highest BCUT2D eigenvalue weighted by Crippen LogP contribution is 2.26. The zero-order valence-electron chi connectivity index (χ0n) is 14.0. The molecule has 22 heavy (non-hydrogen) atoms. The summed E-state index contributed by atoms with van der Waals surface area (Å²) in [4.78, 5) is 22.2. The Kier molecular flexibility index (Phi) is 4.76. The molecule has 0 fully saturated rings. The van der Waals surface area contributed by atoms with Crippen LogP contribution in [0, 0.1) is 0 Å². The van der Waals surface area contributed by atoms with Crippen LogP contribution in [0.4, 0.5) is 0 Å². The van der Waals surface area contributed by atoms with Crippen molar-refractivity contribution in [2.24, 2.45) is 0 Å². The topological polar surface area (TPSA) is 58.1 Å². The predicted octanol–water partition coefficient (Wildman–Crippen LogP) is 2.11. The summed E-state index contributed by atoms with van der Waals surface area (Å²) in [5.74, 6) is 0.0629. The van der Waals surface area contributed by atoms with Crippen molar-refractivity contribution in [3.05, 3.63) is 35.8 Å². The summed E-state index contributed by atoms with van der Waals surface area (Å²) in [6.07, 6.45) is 3.68. The van der Waals surface area contributed by atoms with Gasteiger partial charge in [0.25, 0.3) is 0 Å². The third-order valence-electron chi connectivity index (χ3n) is 3.47. The highest BCUT2D eigenvalue weighted by molar-refractivity contribution is 5.81. The van der Waals surface area contributed by atoms with E-state index in [9.17, 15) is 4.79 Å². The molecule has 0 bridgehead atoms. The molecule has 0 unspecified atom stereocenters. The largest absolute Gasteiger partial charge is 0.348 e. The van der Waals surface area contributed by atoms with Gasteiger partial charge in [-0.2, -0.15) is 0 Å². The van der Waals surface area contributed by atoms with Gasteiger partial charge in [0.2, 0.25) is 5.91 Å². The number of nitrogens with zero attached hydrogens (tertiary/aromatic N) is 3. The second-order valence-electron chi connectivity index (χ2n) is 6.72. The van der Waals surface area contributed by atoms with E-state index >= 15 is 0 Å². The van der Waals surface area contributed by atoms with Crippen LogP contribution in [-0.2, 0) is 16.8 Å². The van der Waals surface area contributed by atoms with Gasteiger partial charge in [-0.25, -0.2) is 0 Å². The third-order valence-corrected chi connectivity index (χ3v) is 3.47.